The quantitative estimate of drug-likeness (QED) is 0.751. The molecule has 0 unspecified atom stereocenters. The van der Waals surface area contributed by atoms with Gasteiger partial charge in [-0.05, 0) is 25.1 Å². The number of amides is 1. The van der Waals surface area contributed by atoms with Crippen molar-refractivity contribution >= 4 is 34.9 Å². The van der Waals surface area contributed by atoms with E-state index in [0.29, 0.717) is 34.6 Å². The molecule has 0 aliphatic carbocycles. The fourth-order valence-corrected chi connectivity index (χ4v) is 2.84. The predicted molar refractivity (Wildman–Crippen MR) is 93.6 cm³/mol. The molecule has 3 rings (SSSR count). The van der Waals surface area contributed by atoms with Crippen LogP contribution in [0.25, 0.3) is 0 Å². The van der Waals surface area contributed by atoms with Gasteiger partial charge in [0.1, 0.15) is 5.69 Å². The first kappa shape index (κ1) is 16.5. The van der Waals surface area contributed by atoms with Gasteiger partial charge in [-0.15, -0.1) is 0 Å². The molecule has 6 nitrogen and oxygen atoms in total. The molecule has 3 aromatic rings. The van der Waals surface area contributed by atoms with Gasteiger partial charge in [0, 0.05) is 40.6 Å². The van der Waals surface area contributed by atoms with Gasteiger partial charge in [0.15, 0.2) is 5.82 Å². The van der Waals surface area contributed by atoms with E-state index >= 15 is 0 Å². The Kier molecular flexibility index (Phi) is 4.87. The Labute approximate surface area is 149 Å². The van der Waals surface area contributed by atoms with Crippen molar-refractivity contribution < 1.29 is 4.79 Å². The average molecular weight is 364 g/mol. The molecule has 0 aliphatic rings. The summed E-state index contributed by atoms with van der Waals surface area (Å²) in [6, 6.07) is 8.73. The van der Waals surface area contributed by atoms with Crippen molar-refractivity contribution in [3.63, 3.8) is 0 Å². The van der Waals surface area contributed by atoms with Gasteiger partial charge in [0.2, 0.25) is 0 Å². The van der Waals surface area contributed by atoms with Crippen LogP contribution >= 0.6 is 23.2 Å². The molecule has 124 valence electrons. The van der Waals surface area contributed by atoms with Crippen molar-refractivity contribution in [2.75, 3.05) is 5.32 Å². The summed E-state index contributed by atoms with van der Waals surface area (Å²) in [5.41, 5.74) is 1.27. The van der Waals surface area contributed by atoms with Crippen LogP contribution in [0.3, 0.4) is 0 Å². The van der Waals surface area contributed by atoms with Gasteiger partial charge in [-0.2, -0.15) is 10.2 Å². The van der Waals surface area contributed by atoms with E-state index in [4.69, 9.17) is 23.2 Å². The molecule has 0 bridgehead atoms. The van der Waals surface area contributed by atoms with Crippen LogP contribution in [-0.2, 0) is 13.1 Å². The van der Waals surface area contributed by atoms with Crippen LogP contribution < -0.4 is 5.32 Å². The molecule has 0 saturated heterocycles. The van der Waals surface area contributed by atoms with Gasteiger partial charge in [-0.25, -0.2) is 0 Å². The molecule has 2 heterocycles. The second-order valence-electron chi connectivity index (χ2n) is 5.09. The maximum atomic E-state index is 12.3. The molecule has 0 atom stereocenters. The van der Waals surface area contributed by atoms with Gasteiger partial charge in [0.05, 0.1) is 6.54 Å². The molecule has 1 aromatic carbocycles. The summed E-state index contributed by atoms with van der Waals surface area (Å²) >= 11 is 12.3. The molecule has 0 spiro atoms. The van der Waals surface area contributed by atoms with Crippen molar-refractivity contribution in [3.05, 3.63) is 64.0 Å². The molecular weight excluding hydrogens is 349 g/mol. The summed E-state index contributed by atoms with van der Waals surface area (Å²) in [4.78, 5) is 12.3. The number of nitrogens with one attached hydrogen (secondary N) is 1. The zero-order valence-corrected chi connectivity index (χ0v) is 14.4. The third-order valence-electron chi connectivity index (χ3n) is 3.51. The number of nitrogens with zero attached hydrogens (tertiary/aromatic N) is 4. The van der Waals surface area contributed by atoms with E-state index in [0.717, 1.165) is 5.56 Å². The van der Waals surface area contributed by atoms with E-state index < -0.39 is 0 Å². The first-order valence-electron chi connectivity index (χ1n) is 7.38. The van der Waals surface area contributed by atoms with Crippen molar-refractivity contribution in [2.24, 2.45) is 0 Å². The number of hydrogen-bond donors (Lipinski definition) is 1. The van der Waals surface area contributed by atoms with E-state index in [1.807, 2.05) is 6.92 Å². The number of aryl methyl sites for hydroxylation is 1. The number of halogens is 2. The van der Waals surface area contributed by atoms with E-state index in [1.54, 1.807) is 52.1 Å². The molecule has 24 heavy (non-hydrogen) atoms. The van der Waals surface area contributed by atoms with E-state index in [1.165, 1.54) is 0 Å². The summed E-state index contributed by atoms with van der Waals surface area (Å²) < 4.78 is 3.29. The lowest BCUT2D eigenvalue weighted by Gasteiger charge is -2.07. The monoisotopic (exact) mass is 363 g/mol. The summed E-state index contributed by atoms with van der Waals surface area (Å²) in [5.74, 6) is 0.197. The number of aromatic nitrogens is 4. The summed E-state index contributed by atoms with van der Waals surface area (Å²) in [5, 5.41) is 12.3. The first-order chi connectivity index (χ1) is 11.6. The number of carbonyl (C=O) groups is 1. The molecule has 1 N–H and O–H groups in total. The second kappa shape index (κ2) is 7.07. The third kappa shape index (κ3) is 3.44. The minimum absolute atomic E-state index is 0.254. The lowest BCUT2D eigenvalue weighted by Crippen LogP contribution is -2.17. The minimum atomic E-state index is -0.254. The van der Waals surface area contributed by atoms with Gasteiger partial charge < -0.3 is 5.32 Å². The highest BCUT2D eigenvalue weighted by Crippen LogP contribution is 2.25. The van der Waals surface area contributed by atoms with E-state index in [-0.39, 0.29) is 5.91 Å². The Hall–Kier alpha value is -2.31. The maximum Gasteiger partial charge on any atom is 0.275 e. The van der Waals surface area contributed by atoms with Crippen LogP contribution in [0, 0.1) is 0 Å². The van der Waals surface area contributed by atoms with E-state index in [9.17, 15) is 4.79 Å². The Morgan fingerprint density at radius 1 is 1.21 bits per heavy atom. The predicted octanol–water partition coefficient (Wildman–Crippen LogP) is 3.71. The largest absolute Gasteiger partial charge is 0.304 e. The SMILES string of the molecule is CCn1nccc1C(=O)Nc1ccn(Cc2c(Cl)cccc2Cl)n1. The molecule has 1 amide bonds. The number of anilines is 1. The smallest absolute Gasteiger partial charge is 0.275 e. The van der Waals surface area contributed by atoms with Crippen molar-refractivity contribution in [3.8, 4) is 0 Å². The summed E-state index contributed by atoms with van der Waals surface area (Å²) in [7, 11) is 0. The first-order valence-corrected chi connectivity index (χ1v) is 8.13. The zero-order valence-electron chi connectivity index (χ0n) is 12.9. The Balaban J connectivity index is 1.73. The third-order valence-corrected chi connectivity index (χ3v) is 4.22. The molecule has 0 aliphatic heterocycles. The highest BCUT2D eigenvalue weighted by Gasteiger charge is 2.13. The number of benzene rings is 1. The van der Waals surface area contributed by atoms with Gasteiger partial charge in [-0.1, -0.05) is 29.3 Å². The lowest BCUT2D eigenvalue weighted by molar-refractivity contribution is 0.101. The van der Waals surface area contributed by atoms with Crippen LogP contribution in [0.15, 0.2) is 42.7 Å². The highest BCUT2D eigenvalue weighted by atomic mass is 35.5. The second-order valence-corrected chi connectivity index (χ2v) is 5.90. The molecule has 0 saturated carbocycles. The summed E-state index contributed by atoms with van der Waals surface area (Å²) in [6.45, 7) is 2.96. The molecule has 0 radical (unpaired) electrons. The van der Waals surface area contributed by atoms with Gasteiger partial charge >= 0.3 is 0 Å². The van der Waals surface area contributed by atoms with Crippen LogP contribution in [0.5, 0.6) is 0 Å². The Morgan fingerprint density at radius 2 is 1.96 bits per heavy atom. The topological polar surface area (TPSA) is 64.7 Å². The molecular formula is C16H15Cl2N5O. The van der Waals surface area contributed by atoms with Crippen molar-refractivity contribution in [2.45, 2.75) is 20.0 Å². The normalized spacial score (nSPS) is 10.8. The molecule has 0 fully saturated rings. The standard InChI is InChI=1S/C16H15Cl2N5O/c1-2-23-14(6-8-19-23)16(24)20-15-7-9-22(21-15)10-11-12(17)4-3-5-13(11)18/h3-9H,2,10H2,1H3,(H,20,21,24). The fourth-order valence-electron chi connectivity index (χ4n) is 2.32. The van der Waals surface area contributed by atoms with Gasteiger partial charge in [0.25, 0.3) is 5.91 Å². The lowest BCUT2D eigenvalue weighted by atomic mass is 10.2. The summed E-state index contributed by atoms with van der Waals surface area (Å²) in [6.07, 6.45) is 3.35. The number of rotatable bonds is 5. The van der Waals surface area contributed by atoms with Gasteiger partial charge in [-0.3, -0.25) is 14.2 Å². The molecule has 2 aromatic heterocycles. The number of hydrogen-bond acceptors (Lipinski definition) is 3. The number of carbonyl (C=O) groups excluding carboxylic acids is 1. The van der Waals surface area contributed by atoms with Crippen molar-refractivity contribution in [1.82, 2.24) is 19.6 Å². The Bertz CT molecular complexity index is 851. The van der Waals surface area contributed by atoms with E-state index in [2.05, 4.69) is 15.5 Å². The zero-order chi connectivity index (χ0) is 17.1. The van der Waals surface area contributed by atoms with Crippen LogP contribution in [0.4, 0.5) is 5.82 Å². The average Bonchev–Trinajstić information content (AvgIpc) is 3.20. The maximum absolute atomic E-state index is 12.3. The highest BCUT2D eigenvalue weighted by molar-refractivity contribution is 6.35. The van der Waals surface area contributed by atoms with Crippen molar-refractivity contribution in [1.29, 1.82) is 0 Å². The van der Waals surface area contributed by atoms with Crippen LogP contribution in [0.1, 0.15) is 23.0 Å². The molecule has 8 heteroatoms. The van der Waals surface area contributed by atoms with Crippen LogP contribution in [-0.4, -0.2) is 25.5 Å². The minimum Gasteiger partial charge on any atom is -0.304 e. The Morgan fingerprint density at radius 3 is 2.67 bits per heavy atom. The fraction of sp³-hybridized carbons (Fsp3) is 0.188. The van der Waals surface area contributed by atoms with Crippen LogP contribution in [0.2, 0.25) is 10.0 Å².